The minimum atomic E-state index is -3.15. The van der Waals surface area contributed by atoms with E-state index in [1.54, 1.807) is 49.9 Å². The summed E-state index contributed by atoms with van der Waals surface area (Å²) < 4.78 is 39.7. The molecule has 5 amide bonds. The standard InChI is InChI=1S/C66H93F2N11O14/c1-48-12-14-49(15-13-48)9-7-10-58(81)71-26-39-92-38-23-56(73-59(82)43-74-29-31-75(44-62(85)86)33-35-77(46-64(89)90)36-34-76(32-30-74)45-63(87)88)65(91)72-24-5-2-3-11-60(83)78-27-21-50(22-28-78)8-4-6-37-93-52-16-17-55-54(40-52)53(20-25-70-55)57(80)18-19-61(84)79-47-66(67,68)41-51(79)42-69/h12-17,20,25,40,50-51,56H,2-11,18-19,21-24,26-39,41,43-47H2,1H3,(H,71,81)(H,72,91)(H,73,82)(H,85,86)(H,87,88)(H,89,90)/t51-,56?/m1/s1. The van der Waals surface area contributed by atoms with Crippen LogP contribution >= 0.6 is 0 Å². The molecule has 1 unspecified atom stereocenters. The molecule has 1 aromatic heterocycles. The molecule has 25 nitrogen and oxygen atoms in total. The number of alkyl halides is 2. The van der Waals surface area contributed by atoms with E-state index in [2.05, 4.69) is 33.1 Å². The van der Waals surface area contributed by atoms with Crippen molar-refractivity contribution in [1.82, 2.24) is 50.3 Å². The van der Waals surface area contributed by atoms with Gasteiger partial charge in [-0.1, -0.05) is 42.7 Å². The Morgan fingerprint density at radius 1 is 0.667 bits per heavy atom. The number of aryl methyl sites for hydroxylation is 2. The molecule has 6 rings (SSSR count). The lowest BCUT2D eigenvalue weighted by Gasteiger charge is -2.33. The van der Waals surface area contributed by atoms with Gasteiger partial charge in [-0.25, -0.2) is 8.78 Å². The van der Waals surface area contributed by atoms with Crippen LogP contribution in [-0.2, 0) is 49.5 Å². The molecule has 27 heteroatoms. The predicted molar refractivity (Wildman–Crippen MR) is 339 cm³/mol. The number of ketones is 1. The van der Waals surface area contributed by atoms with Gasteiger partial charge in [0.25, 0.3) is 5.92 Å². The number of carbonyl (C=O) groups excluding carboxylic acids is 6. The van der Waals surface area contributed by atoms with E-state index in [4.69, 9.17) is 9.47 Å². The van der Waals surface area contributed by atoms with Crippen molar-refractivity contribution in [2.24, 2.45) is 5.92 Å². The average molecular weight is 1300 g/mol. The molecule has 0 radical (unpaired) electrons. The molecule has 3 fully saturated rings. The SMILES string of the molecule is Cc1ccc(CCCC(=O)NCCOCCC(NC(=O)CN2CCN(CC(=O)O)CCN(CC(=O)O)CCN(CC(=O)O)CC2)C(=O)NCCCCCC(=O)N2CCC(CCCCOc3ccc4nccc(C(=O)CCC(=O)N5CC(F)(F)C[C@@H]5C#N)c4c3)CC2)cc1. The van der Waals surface area contributed by atoms with Crippen molar-refractivity contribution in [1.29, 1.82) is 5.26 Å². The van der Waals surface area contributed by atoms with E-state index in [-0.39, 0.29) is 142 Å². The molecule has 3 aromatic rings. The summed E-state index contributed by atoms with van der Waals surface area (Å²) in [5, 5.41) is 47.3. The summed E-state index contributed by atoms with van der Waals surface area (Å²) in [6.45, 7) is 4.30. The number of nitrogens with one attached hydrogen (secondary N) is 3. The number of benzene rings is 2. The Balaban J connectivity index is 0.906. The lowest BCUT2D eigenvalue weighted by atomic mass is 9.91. The summed E-state index contributed by atoms with van der Waals surface area (Å²) >= 11 is 0. The minimum Gasteiger partial charge on any atom is -0.494 e. The Morgan fingerprint density at radius 3 is 1.92 bits per heavy atom. The van der Waals surface area contributed by atoms with E-state index in [9.17, 15) is 72.5 Å². The lowest BCUT2D eigenvalue weighted by molar-refractivity contribution is -0.140. The number of carbonyl (C=O) groups is 9. The molecule has 3 aliphatic rings. The second-order valence-electron chi connectivity index (χ2n) is 24.5. The molecule has 93 heavy (non-hydrogen) atoms. The smallest absolute Gasteiger partial charge is 0.317 e. The van der Waals surface area contributed by atoms with Gasteiger partial charge in [0.2, 0.25) is 29.5 Å². The maximum Gasteiger partial charge on any atom is 0.317 e. The minimum absolute atomic E-state index is 0.0763. The number of hydrogen-bond acceptors (Lipinski definition) is 17. The highest BCUT2D eigenvalue weighted by Crippen LogP contribution is 2.33. The van der Waals surface area contributed by atoms with Gasteiger partial charge in [0.05, 0.1) is 57.5 Å². The quantitative estimate of drug-likeness (QED) is 0.0350. The third-order valence-corrected chi connectivity index (χ3v) is 17.1. The second kappa shape index (κ2) is 39.1. The van der Waals surface area contributed by atoms with Gasteiger partial charge >= 0.3 is 17.9 Å². The number of hydrogen-bond donors (Lipinski definition) is 6. The van der Waals surface area contributed by atoms with Crippen LogP contribution in [0.3, 0.4) is 0 Å². The van der Waals surface area contributed by atoms with Crippen molar-refractivity contribution in [3.8, 4) is 11.8 Å². The monoisotopic (exact) mass is 1300 g/mol. The number of aromatic nitrogens is 1. The molecule has 0 spiro atoms. The van der Waals surface area contributed by atoms with E-state index in [1.807, 2.05) is 24.0 Å². The number of fused-ring (bicyclic) bond motifs is 1. The van der Waals surface area contributed by atoms with E-state index >= 15 is 0 Å². The van der Waals surface area contributed by atoms with Gasteiger partial charge in [0, 0.05) is 134 Å². The fourth-order valence-corrected chi connectivity index (χ4v) is 11.8. The highest BCUT2D eigenvalue weighted by molar-refractivity contribution is 6.08. The van der Waals surface area contributed by atoms with Crippen LogP contribution in [0.15, 0.2) is 54.7 Å². The highest BCUT2D eigenvalue weighted by Gasteiger charge is 2.47. The molecular formula is C66H93F2N11O14. The van der Waals surface area contributed by atoms with E-state index in [0.717, 1.165) is 49.0 Å². The van der Waals surface area contributed by atoms with Crippen LogP contribution in [-0.4, -0.2) is 252 Å². The van der Waals surface area contributed by atoms with Gasteiger partial charge < -0.3 is 50.5 Å². The number of halogens is 2. The molecule has 510 valence electrons. The Morgan fingerprint density at radius 2 is 1.30 bits per heavy atom. The number of amides is 5. The number of unbranched alkanes of at least 4 members (excludes halogenated alkanes) is 3. The topological polar surface area (TPSA) is 325 Å². The van der Waals surface area contributed by atoms with E-state index in [0.29, 0.717) is 86.4 Å². The van der Waals surface area contributed by atoms with E-state index < -0.39 is 66.6 Å². The molecule has 2 atom stereocenters. The zero-order valence-electron chi connectivity index (χ0n) is 53.6. The summed E-state index contributed by atoms with van der Waals surface area (Å²) in [5.41, 5.74) is 3.22. The van der Waals surface area contributed by atoms with Crippen molar-refractivity contribution in [2.75, 3.05) is 131 Å². The summed E-state index contributed by atoms with van der Waals surface area (Å²) in [6, 6.07) is 14.5. The van der Waals surface area contributed by atoms with Crippen LogP contribution in [0.25, 0.3) is 10.9 Å². The number of pyridine rings is 1. The van der Waals surface area contributed by atoms with Gasteiger partial charge in [-0.2, -0.15) is 5.26 Å². The number of nitrogens with zero attached hydrogens (tertiary/aromatic N) is 8. The Kier molecular flexibility index (Phi) is 31.2. The van der Waals surface area contributed by atoms with Gasteiger partial charge in [-0.3, -0.25) is 67.7 Å². The number of ether oxygens (including phenoxy) is 2. The Labute approximate surface area is 542 Å². The van der Waals surface area contributed by atoms with Crippen LogP contribution in [0.5, 0.6) is 5.75 Å². The molecule has 2 aromatic carbocycles. The van der Waals surface area contributed by atoms with Crippen molar-refractivity contribution < 1.29 is 76.7 Å². The zero-order valence-corrected chi connectivity index (χ0v) is 53.6. The first-order chi connectivity index (χ1) is 44.6. The summed E-state index contributed by atoms with van der Waals surface area (Å²) in [5.74, 6) is -7.33. The molecule has 6 N–H and O–H groups in total. The molecule has 3 saturated heterocycles. The number of nitriles is 1. The Hall–Kier alpha value is -7.77. The molecule has 3 aliphatic heterocycles. The third kappa shape index (κ3) is 27.4. The fourth-order valence-electron chi connectivity index (χ4n) is 11.8. The molecule has 0 bridgehead atoms. The van der Waals surface area contributed by atoms with Crippen LogP contribution in [0.1, 0.15) is 118 Å². The number of rotatable bonds is 36. The summed E-state index contributed by atoms with van der Waals surface area (Å²) in [6.07, 6.45) is 8.88. The number of Topliss-reactive ketones (excluding diaryl/α,β-unsaturated/α-hetero) is 1. The third-order valence-electron chi connectivity index (χ3n) is 17.1. The van der Waals surface area contributed by atoms with Crippen molar-refractivity contribution in [3.05, 3.63) is 71.4 Å². The van der Waals surface area contributed by atoms with Crippen molar-refractivity contribution >= 4 is 64.1 Å². The highest BCUT2D eigenvalue weighted by atomic mass is 19.3. The van der Waals surface area contributed by atoms with E-state index in [1.165, 1.54) is 11.8 Å². The number of piperidine rings is 1. The summed E-state index contributed by atoms with van der Waals surface area (Å²) in [4.78, 5) is 129. The molecule has 0 aliphatic carbocycles. The first kappa shape index (κ1) is 74.3. The second-order valence-corrected chi connectivity index (χ2v) is 24.5. The molecule has 4 heterocycles. The van der Waals surface area contributed by atoms with Crippen molar-refractivity contribution in [3.63, 3.8) is 0 Å². The van der Waals surface area contributed by atoms with Gasteiger partial charge in [0.15, 0.2) is 5.78 Å². The molecule has 0 saturated carbocycles. The summed E-state index contributed by atoms with van der Waals surface area (Å²) in [7, 11) is 0. The number of carboxylic acids is 3. The number of aliphatic carboxylic acids is 3. The van der Waals surface area contributed by atoms with Crippen LogP contribution in [0.4, 0.5) is 8.78 Å². The first-order valence-corrected chi connectivity index (χ1v) is 32.5. The first-order valence-electron chi connectivity index (χ1n) is 32.5. The van der Waals surface area contributed by atoms with Crippen molar-refractivity contribution in [2.45, 2.75) is 128 Å². The number of carboxylic acid groups (broad SMARTS) is 3. The van der Waals surface area contributed by atoms with Gasteiger partial charge in [-0.05, 0) is 100 Å². The normalized spacial score (nSPS) is 17.5. The maximum absolute atomic E-state index is 13.9. The van der Waals surface area contributed by atoms with Gasteiger partial charge in [0.1, 0.15) is 17.8 Å². The van der Waals surface area contributed by atoms with Crippen LogP contribution in [0, 0.1) is 24.2 Å². The Bertz CT molecular complexity index is 2970. The maximum atomic E-state index is 13.9. The zero-order chi connectivity index (χ0) is 67.1. The molecular weight excluding hydrogens is 1210 g/mol. The number of likely N-dealkylation sites (tertiary alicyclic amines) is 2. The lowest BCUT2D eigenvalue weighted by Crippen LogP contribution is -2.52. The fraction of sp³-hybridized carbons (Fsp3) is 0.621. The van der Waals surface area contributed by atoms with Gasteiger partial charge in [-0.15, -0.1) is 0 Å². The average Bonchev–Trinajstić information content (AvgIpc) is 1.78. The van der Waals surface area contributed by atoms with Crippen LogP contribution in [0.2, 0.25) is 0 Å². The largest absolute Gasteiger partial charge is 0.494 e. The van der Waals surface area contributed by atoms with Crippen LogP contribution < -0.4 is 20.7 Å². The predicted octanol–water partition coefficient (Wildman–Crippen LogP) is 4.24.